The quantitative estimate of drug-likeness (QED) is 0.667. The van der Waals surface area contributed by atoms with Crippen LogP contribution in [0.5, 0.6) is 0 Å². The van der Waals surface area contributed by atoms with Crippen molar-refractivity contribution in [2.75, 3.05) is 13.1 Å². The summed E-state index contributed by atoms with van der Waals surface area (Å²) in [5, 5.41) is 2.70. The Balaban J connectivity index is 1.68. The molecule has 1 aliphatic heterocycles. The maximum Gasteiger partial charge on any atom is 0.393 e. The van der Waals surface area contributed by atoms with Gasteiger partial charge in [-0.1, -0.05) is 12.1 Å². The Bertz CT molecular complexity index is 941. The van der Waals surface area contributed by atoms with E-state index in [9.17, 15) is 18.0 Å². The number of halogens is 4. The number of carbonyl (C=O) groups excluding carboxylic acids is 1. The molecule has 0 saturated carbocycles. The number of likely N-dealkylation sites (tertiary alicyclic amines) is 1. The highest BCUT2D eigenvalue weighted by molar-refractivity contribution is 6.28. The zero-order valence-corrected chi connectivity index (χ0v) is 18.2. The second-order valence-electron chi connectivity index (χ2n) is 8.40. The smallest absolute Gasteiger partial charge is 0.369 e. The lowest BCUT2D eigenvalue weighted by Gasteiger charge is -2.41. The van der Waals surface area contributed by atoms with E-state index in [0.29, 0.717) is 29.9 Å². The first-order valence-electron chi connectivity index (χ1n) is 9.78. The average Bonchev–Trinajstić information content (AvgIpc) is 2.61. The third kappa shape index (κ3) is 6.80. The molecule has 6 nitrogen and oxygen atoms in total. The number of carbonyl (C=O) groups is 1. The van der Waals surface area contributed by atoms with Crippen LogP contribution in [0.3, 0.4) is 0 Å². The van der Waals surface area contributed by atoms with Crippen molar-refractivity contribution in [2.45, 2.75) is 51.6 Å². The fraction of sp³-hybridized carbons (Fsp3) is 0.476. The monoisotopic (exact) mass is 456 g/mol. The molecule has 1 fully saturated rings. The van der Waals surface area contributed by atoms with Crippen molar-refractivity contribution >= 4 is 17.6 Å². The molecule has 1 aliphatic rings. The van der Waals surface area contributed by atoms with E-state index in [1.54, 1.807) is 23.1 Å². The summed E-state index contributed by atoms with van der Waals surface area (Å²) in [6, 6.07) is 5.87. The van der Waals surface area contributed by atoms with Gasteiger partial charge in [-0.25, -0.2) is 14.8 Å². The van der Waals surface area contributed by atoms with Crippen LogP contribution in [0.2, 0.25) is 5.28 Å². The van der Waals surface area contributed by atoms with Gasteiger partial charge in [-0.2, -0.15) is 13.2 Å². The Labute approximate surface area is 183 Å². The van der Waals surface area contributed by atoms with Crippen molar-refractivity contribution in [3.05, 3.63) is 46.9 Å². The maximum atomic E-state index is 13.1. The van der Waals surface area contributed by atoms with Crippen LogP contribution in [-0.4, -0.2) is 51.9 Å². The molecule has 10 heteroatoms. The number of hydrogen-bond acceptors (Lipinski definition) is 4. The molecule has 3 rings (SSSR count). The van der Waals surface area contributed by atoms with Gasteiger partial charge in [-0.05, 0) is 55.6 Å². The van der Waals surface area contributed by atoms with Gasteiger partial charge < -0.3 is 15.0 Å². The van der Waals surface area contributed by atoms with E-state index in [1.165, 1.54) is 12.3 Å². The molecule has 0 atom stereocenters. The standard InChI is InChI=1S/C21H24ClF3N4O2/c1-20(2,3)31-16-11-29(12-16)19(30)27-10-14-5-4-13(8-15(14)9-21(23,24)25)17-6-7-26-18(22)28-17/h4-8,16H,9-12H2,1-3H3,(H,27,30). The Kier molecular flexibility index (Phi) is 6.76. The van der Waals surface area contributed by atoms with E-state index in [1.807, 2.05) is 20.8 Å². The lowest BCUT2D eigenvalue weighted by atomic mass is 9.99. The summed E-state index contributed by atoms with van der Waals surface area (Å²) in [5.41, 5.74) is 1.07. The Hall–Kier alpha value is -2.39. The van der Waals surface area contributed by atoms with Gasteiger partial charge in [0.15, 0.2) is 0 Å². The number of hydrogen-bond donors (Lipinski definition) is 1. The highest BCUT2D eigenvalue weighted by Gasteiger charge is 2.34. The van der Waals surface area contributed by atoms with Crippen LogP contribution < -0.4 is 5.32 Å². The maximum absolute atomic E-state index is 13.1. The molecular weight excluding hydrogens is 433 g/mol. The van der Waals surface area contributed by atoms with E-state index in [-0.39, 0.29) is 35.1 Å². The normalized spacial score (nSPS) is 15.0. The highest BCUT2D eigenvalue weighted by atomic mass is 35.5. The molecule has 1 saturated heterocycles. The van der Waals surface area contributed by atoms with Crippen molar-refractivity contribution < 1.29 is 22.7 Å². The van der Waals surface area contributed by atoms with E-state index >= 15 is 0 Å². The number of nitrogens with one attached hydrogen (secondary N) is 1. The van der Waals surface area contributed by atoms with Crippen LogP contribution in [0.1, 0.15) is 31.9 Å². The van der Waals surface area contributed by atoms with Crippen molar-refractivity contribution in [3.8, 4) is 11.3 Å². The fourth-order valence-electron chi connectivity index (χ4n) is 3.30. The number of aromatic nitrogens is 2. The van der Waals surface area contributed by atoms with Crippen LogP contribution in [0, 0.1) is 0 Å². The third-order valence-electron chi connectivity index (χ3n) is 4.60. The van der Waals surface area contributed by atoms with E-state index < -0.39 is 12.6 Å². The van der Waals surface area contributed by atoms with Crippen LogP contribution in [0.25, 0.3) is 11.3 Å². The molecule has 2 aromatic rings. The highest BCUT2D eigenvalue weighted by Crippen LogP contribution is 2.28. The lowest BCUT2D eigenvalue weighted by molar-refractivity contribution is -0.127. The van der Waals surface area contributed by atoms with Gasteiger partial charge in [0.2, 0.25) is 5.28 Å². The lowest BCUT2D eigenvalue weighted by Crippen LogP contribution is -2.59. The first-order valence-corrected chi connectivity index (χ1v) is 10.2. The summed E-state index contributed by atoms with van der Waals surface area (Å²) < 4.78 is 45.2. The predicted octanol–water partition coefficient (Wildman–Crippen LogP) is 4.61. The Morgan fingerprint density at radius 1 is 1.23 bits per heavy atom. The Morgan fingerprint density at radius 3 is 2.55 bits per heavy atom. The SMILES string of the molecule is CC(C)(C)OC1CN(C(=O)NCc2ccc(-c3ccnc(Cl)n3)cc2CC(F)(F)F)C1. The van der Waals surface area contributed by atoms with Crippen molar-refractivity contribution in [3.63, 3.8) is 0 Å². The van der Waals surface area contributed by atoms with Gasteiger partial charge >= 0.3 is 12.2 Å². The van der Waals surface area contributed by atoms with Gasteiger partial charge in [0, 0.05) is 18.3 Å². The van der Waals surface area contributed by atoms with E-state index in [4.69, 9.17) is 16.3 Å². The molecule has 2 heterocycles. The zero-order valence-electron chi connectivity index (χ0n) is 17.5. The first kappa shape index (κ1) is 23.3. The summed E-state index contributed by atoms with van der Waals surface area (Å²) in [6.07, 6.45) is -4.11. The summed E-state index contributed by atoms with van der Waals surface area (Å²) >= 11 is 5.79. The molecule has 1 aromatic heterocycles. The number of ether oxygens (including phenoxy) is 1. The number of amides is 2. The van der Waals surface area contributed by atoms with E-state index in [0.717, 1.165) is 0 Å². The number of nitrogens with zero attached hydrogens (tertiary/aromatic N) is 3. The van der Waals surface area contributed by atoms with Gasteiger partial charge in [-0.3, -0.25) is 0 Å². The molecular formula is C21H24ClF3N4O2. The minimum Gasteiger partial charge on any atom is -0.369 e. The third-order valence-corrected chi connectivity index (χ3v) is 4.79. The molecule has 1 N–H and O–H groups in total. The molecule has 31 heavy (non-hydrogen) atoms. The predicted molar refractivity (Wildman–Crippen MR) is 111 cm³/mol. The summed E-state index contributed by atoms with van der Waals surface area (Å²) in [4.78, 5) is 21.7. The van der Waals surface area contributed by atoms with Crippen LogP contribution in [0.4, 0.5) is 18.0 Å². The first-order chi connectivity index (χ1) is 14.4. The molecule has 0 unspecified atom stereocenters. The second-order valence-corrected chi connectivity index (χ2v) is 8.74. The number of rotatable bonds is 5. The summed E-state index contributed by atoms with van der Waals surface area (Å²) in [7, 11) is 0. The second kappa shape index (κ2) is 9.00. The molecule has 0 spiro atoms. The van der Waals surface area contributed by atoms with Gasteiger partial charge in [-0.15, -0.1) is 0 Å². The number of urea groups is 1. The van der Waals surface area contributed by atoms with E-state index in [2.05, 4.69) is 15.3 Å². The zero-order chi connectivity index (χ0) is 22.8. The minimum absolute atomic E-state index is 0.00880. The van der Waals surface area contributed by atoms with Crippen molar-refractivity contribution in [1.82, 2.24) is 20.2 Å². The van der Waals surface area contributed by atoms with Crippen molar-refractivity contribution in [2.24, 2.45) is 0 Å². The molecule has 0 bridgehead atoms. The molecule has 1 aromatic carbocycles. The fourth-order valence-corrected chi connectivity index (χ4v) is 3.44. The van der Waals surface area contributed by atoms with Gasteiger partial charge in [0.1, 0.15) is 0 Å². The van der Waals surface area contributed by atoms with Crippen molar-refractivity contribution in [1.29, 1.82) is 0 Å². The van der Waals surface area contributed by atoms with Gasteiger partial charge in [0.05, 0.1) is 36.9 Å². The molecule has 0 radical (unpaired) electrons. The number of alkyl halides is 3. The summed E-state index contributed by atoms with van der Waals surface area (Å²) in [5.74, 6) is 0. The largest absolute Gasteiger partial charge is 0.393 e. The summed E-state index contributed by atoms with van der Waals surface area (Å²) in [6.45, 7) is 6.71. The van der Waals surface area contributed by atoms with Crippen LogP contribution in [-0.2, 0) is 17.7 Å². The molecule has 2 amide bonds. The van der Waals surface area contributed by atoms with Crippen LogP contribution >= 0.6 is 11.6 Å². The number of benzene rings is 1. The Morgan fingerprint density at radius 2 is 1.94 bits per heavy atom. The molecule has 0 aliphatic carbocycles. The van der Waals surface area contributed by atoms with Crippen LogP contribution in [0.15, 0.2) is 30.5 Å². The molecule has 168 valence electrons. The minimum atomic E-state index is -4.39. The average molecular weight is 457 g/mol. The topological polar surface area (TPSA) is 67.3 Å². The van der Waals surface area contributed by atoms with Gasteiger partial charge in [0.25, 0.3) is 0 Å².